The molecule has 0 aliphatic rings. The summed E-state index contributed by atoms with van der Waals surface area (Å²) in [4.78, 5) is 13.6. The Morgan fingerprint density at radius 3 is 1.85 bits per heavy atom. The molecule has 0 amide bonds. The van der Waals surface area contributed by atoms with E-state index in [1.165, 1.54) is 51.4 Å². The Hall–Kier alpha value is -1.17. The van der Waals surface area contributed by atoms with Crippen LogP contribution in [-0.2, 0) is 20.6 Å². The highest BCUT2D eigenvalue weighted by atomic mass is 28.4. The second-order valence-electron chi connectivity index (χ2n) is 13.5. The largest absolute Gasteiger partial charge is 0.461 e. The van der Waals surface area contributed by atoms with Gasteiger partial charge in [-0.3, -0.25) is 4.79 Å². The summed E-state index contributed by atoms with van der Waals surface area (Å²) in [6, 6.07) is 9.89. The van der Waals surface area contributed by atoms with Gasteiger partial charge < -0.3 is 14.3 Å². The van der Waals surface area contributed by atoms with E-state index >= 15 is 0 Å². The Balaban J connectivity index is 2.87. The van der Waals surface area contributed by atoms with E-state index in [9.17, 15) is 9.90 Å². The Labute approximate surface area is 249 Å². The van der Waals surface area contributed by atoms with Gasteiger partial charge in [-0.25, -0.2) is 0 Å². The fraction of sp³-hybridized carbons (Fsp3) is 0.800. The number of aliphatic hydroxyl groups is 1. The molecule has 0 unspecified atom stereocenters. The highest BCUT2D eigenvalue weighted by molar-refractivity contribution is 6.74. The molecule has 1 aromatic rings. The molecule has 0 spiro atoms. The van der Waals surface area contributed by atoms with Crippen LogP contribution in [0.5, 0.6) is 0 Å². The van der Waals surface area contributed by atoms with Crippen molar-refractivity contribution in [2.75, 3.05) is 0 Å². The molecule has 0 aromatic heterocycles. The number of ether oxygens (including phenoxy) is 1. The van der Waals surface area contributed by atoms with E-state index in [0.717, 1.165) is 50.5 Å². The molecule has 5 heteroatoms. The van der Waals surface area contributed by atoms with Gasteiger partial charge in [0.1, 0.15) is 6.61 Å². The Kier molecular flexibility index (Phi) is 19.0. The molecular formula is C35H64O4Si. The molecular weight excluding hydrogens is 512 g/mol. The van der Waals surface area contributed by atoms with Crippen LogP contribution in [-0.4, -0.2) is 31.6 Å². The maximum absolute atomic E-state index is 13.6. The van der Waals surface area contributed by atoms with E-state index in [2.05, 4.69) is 47.7 Å². The maximum Gasteiger partial charge on any atom is 0.311 e. The Morgan fingerprint density at radius 2 is 1.30 bits per heavy atom. The maximum atomic E-state index is 13.6. The van der Waals surface area contributed by atoms with Crippen molar-refractivity contribution in [3.63, 3.8) is 0 Å². The Morgan fingerprint density at radius 1 is 0.800 bits per heavy atom. The first-order valence-electron chi connectivity index (χ1n) is 16.6. The van der Waals surface area contributed by atoms with E-state index in [1.54, 1.807) is 0 Å². The van der Waals surface area contributed by atoms with Gasteiger partial charge in [-0.1, -0.05) is 148 Å². The molecule has 1 N–H and O–H groups in total. The van der Waals surface area contributed by atoms with Crippen molar-refractivity contribution in [2.45, 2.75) is 174 Å². The van der Waals surface area contributed by atoms with E-state index in [1.807, 2.05) is 30.3 Å². The first kappa shape index (κ1) is 36.9. The molecule has 0 saturated heterocycles. The molecule has 0 aliphatic heterocycles. The number of carbonyl (C=O) groups excluding carboxylic acids is 1. The fourth-order valence-corrected chi connectivity index (χ4v) is 6.38. The predicted molar refractivity (Wildman–Crippen MR) is 173 cm³/mol. The van der Waals surface area contributed by atoms with Gasteiger partial charge >= 0.3 is 5.97 Å². The molecule has 0 fully saturated rings. The zero-order valence-electron chi connectivity index (χ0n) is 27.3. The number of hydrogen-bond donors (Lipinski definition) is 1. The van der Waals surface area contributed by atoms with E-state index in [4.69, 9.17) is 9.16 Å². The summed E-state index contributed by atoms with van der Waals surface area (Å²) in [5, 5.41) is 11.2. The molecule has 0 aliphatic carbocycles. The number of benzene rings is 1. The van der Waals surface area contributed by atoms with Crippen LogP contribution < -0.4 is 0 Å². The normalized spacial score (nSPS) is 14.6. The van der Waals surface area contributed by atoms with Gasteiger partial charge in [0.15, 0.2) is 8.32 Å². The van der Waals surface area contributed by atoms with Gasteiger partial charge in [0.25, 0.3) is 0 Å². The minimum atomic E-state index is -2.17. The fourth-order valence-electron chi connectivity index (χ4n) is 5.01. The third kappa shape index (κ3) is 15.7. The van der Waals surface area contributed by atoms with Gasteiger partial charge in [-0.15, -0.1) is 0 Å². The number of esters is 1. The minimum absolute atomic E-state index is 0.0219. The minimum Gasteiger partial charge on any atom is -0.461 e. The van der Waals surface area contributed by atoms with Crippen LogP contribution in [0.3, 0.4) is 0 Å². The molecule has 0 radical (unpaired) electrons. The lowest BCUT2D eigenvalue weighted by Crippen LogP contribution is -2.48. The lowest BCUT2D eigenvalue weighted by atomic mass is 9.90. The van der Waals surface area contributed by atoms with E-state index in [-0.39, 0.29) is 29.6 Å². The summed E-state index contributed by atoms with van der Waals surface area (Å²) >= 11 is 0. The van der Waals surface area contributed by atoms with Crippen molar-refractivity contribution >= 4 is 14.3 Å². The highest BCUT2D eigenvalue weighted by Gasteiger charge is 2.42. The number of unbranched alkanes of at least 4 members (excludes halogenated alkanes) is 11. The van der Waals surface area contributed by atoms with Crippen molar-refractivity contribution in [3.05, 3.63) is 35.9 Å². The number of carbonyl (C=O) groups is 1. The molecule has 40 heavy (non-hydrogen) atoms. The van der Waals surface area contributed by atoms with Crippen LogP contribution >= 0.6 is 0 Å². The predicted octanol–water partition coefficient (Wildman–Crippen LogP) is 10.4. The summed E-state index contributed by atoms with van der Waals surface area (Å²) in [5.74, 6) is -0.535. The van der Waals surface area contributed by atoms with Crippen LogP contribution in [0.2, 0.25) is 18.1 Å². The van der Waals surface area contributed by atoms with Crippen molar-refractivity contribution in [2.24, 2.45) is 5.92 Å². The van der Waals surface area contributed by atoms with Crippen LogP contribution in [0.4, 0.5) is 0 Å². The summed E-state index contributed by atoms with van der Waals surface area (Å²) in [5.41, 5.74) is 0.993. The molecule has 4 nitrogen and oxygen atoms in total. The highest BCUT2D eigenvalue weighted by Crippen LogP contribution is 2.39. The van der Waals surface area contributed by atoms with Gasteiger partial charge in [0.2, 0.25) is 0 Å². The van der Waals surface area contributed by atoms with E-state index < -0.39 is 14.4 Å². The third-order valence-corrected chi connectivity index (χ3v) is 13.2. The second-order valence-corrected chi connectivity index (χ2v) is 18.2. The topological polar surface area (TPSA) is 55.8 Å². The van der Waals surface area contributed by atoms with Crippen LogP contribution in [0.1, 0.15) is 143 Å². The Bertz CT molecular complexity index is 758. The molecule has 0 saturated carbocycles. The van der Waals surface area contributed by atoms with Crippen molar-refractivity contribution < 1.29 is 19.1 Å². The quantitative estimate of drug-likeness (QED) is 0.0800. The standard InChI is InChI=1S/C35H64O4Si/c1-8-10-12-14-15-16-17-18-22-26-31(36)28-33(39-40(6,7)35(3,4)5)32(27-23-13-11-9-2)34(37)38-29-30-24-20-19-21-25-30/h19-21,24-25,31-33,36H,8-18,22-23,26-29H2,1-7H3/t31-,32-,33-/m0/s1. The van der Waals surface area contributed by atoms with Crippen LogP contribution in [0, 0.1) is 5.92 Å². The van der Waals surface area contributed by atoms with Gasteiger partial charge in [0.05, 0.1) is 18.1 Å². The molecule has 0 bridgehead atoms. The average Bonchev–Trinajstić information content (AvgIpc) is 2.90. The zero-order chi connectivity index (χ0) is 29.9. The average molecular weight is 577 g/mol. The van der Waals surface area contributed by atoms with Crippen molar-refractivity contribution in [1.29, 1.82) is 0 Å². The third-order valence-electron chi connectivity index (χ3n) is 8.74. The first-order chi connectivity index (χ1) is 19.0. The summed E-state index contributed by atoms with van der Waals surface area (Å²) in [7, 11) is -2.17. The molecule has 0 heterocycles. The van der Waals surface area contributed by atoms with Crippen LogP contribution in [0.15, 0.2) is 30.3 Å². The van der Waals surface area contributed by atoms with Gasteiger partial charge in [-0.2, -0.15) is 0 Å². The molecule has 232 valence electrons. The summed E-state index contributed by atoms with van der Waals surface area (Å²) in [6.07, 6.45) is 17.1. The molecule has 1 aromatic carbocycles. The van der Waals surface area contributed by atoms with Crippen molar-refractivity contribution in [1.82, 2.24) is 0 Å². The summed E-state index contributed by atoms with van der Waals surface area (Å²) < 4.78 is 12.8. The molecule has 1 rings (SSSR count). The number of rotatable bonds is 23. The number of aliphatic hydroxyl groups excluding tert-OH is 1. The SMILES string of the molecule is CCCCCCCCCCC[C@H](O)C[C@H](O[Si](C)(C)C(C)(C)C)[C@H](CCCCCC)C(=O)OCc1ccccc1. The van der Waals surface area contributed by atoms with E-state index in [0.29, 0.717) is 6.42 Å². The van der Waals surface area contributed by atoms with Gasteiger partial charge in [-0.05, 0) is 43.0 Å². The van der Waals surface area contributed by atoms with Crippen molar-refractivity contribution in [3.8, 4) is 0 Å². The smallest absolute Gasteiger partial charge is 0.311 e. The first-order valence-corrected chi connectivity index (χ1v) is 19.5. The zero-order valence-corrected chi connectivity index (χ0v) is 28.3. The second kappa shape index (κ2) is 20.7. The van der Waals surface area contributed by atoms with Gasteiger partial charge in [0, 0.05) is 0 Å². The van der Waals surface area contributed by atoms with Crippen LogP contribution in [0.25, 0.3) is 0 Å². The molecule has 3 atom stereocenters. The lowest BCUT2D eigenvalue weighted by molar-refractivity contribution is -0.154. The summed E-state index contributed by atoms with van der Waals surface area (Å²) in [6.45, 7) is 15.9. The lowest BCUT2D eigenvalue weighted by Gasteiger charge is -2.41. The number of hydrogen-bond acceptors (Lipinski definition) is 4. The monoisotopic (exact) mass is 576 g/mol.